The summed E-state index contributed by atoms with van der Waals surface area (Å²) in [6.07, 6.45) is 1.56. The first kappa shape index (κ1) is 22.0. The van der Waals surface area contributed by atoms with E-state index in [2.05, 4.69) is 0 Å². The van der Waals surface area contributed by atoms with Crippen LogP contribution in [0.5, 0.6) is 17.2 Å². The second-order valence-corrected chi connectivity index (χ2v) is 7.24. The lowest BCUT2D eigenvalue weighted by atomic mass is 10.2. The highest BCUT2D eigenvalue weighted by atomic mass is 32.2. The maximum Gasteiger partial charge on any atom is 0.335 e. The van der Waals surface area contributed by atoms with Crippen LogP contribution < -0.4 is 9.47 Å². The van der Waals surface area contributed by atoms with Crippen LogP contribution in [-0.2, 0) is 17.4 Å². The molecule has 2 N–H and O–H groups in total. The normalized spacial score (nSPS) is 11.0. The van der Waals surface area contributed by atoms with Gasteiger partial charge < -0.3 is 19.7 Å². The Morgan fingerprint density at radius 2 is 1.66 bits per heavy atom. The molecule has 3 rings (SSSR count). The molecule has 0 spiro atoms. The second-order valence-electron chi connectivity index (χ2n) is 5.89. The number of rotatable bonds is 6. The van der Waals surface area contributed by atoms with Gasteiger partial charge in [-0.25, -0.2) is 4.79 Å². The highest BCUT2D eigenvalue weighted by Gasteiger charge is 2.08. The first-order valence-electron chi connectivity index (χ1n) is 8.61. The van der Waals surface area contributed by atoms with Crippen LogP contribution in [0, 0.1) is 0 Å². The van der Waals surface area contributed by atoms with E-state index in [-0.39, 0.29) is 11.3 Å². The summed E-state index contributed by atoms with van der Waals surface area (Å²) in [6, 6.07) is 20.6. The Labute approximate surface area is 171 Å². The molecule has 0 aromatic heterocycles. The maximum absolute atomic E-state index is 11.5. The van der Waals surface area contributed by atoms with Crippen molar-refractivity contribution in [2.45, 2.75) is 11.5 Å². The van der Waals surface area contributed by atoms with Crippen LogP contribution in [-0.4, -0.2) is 33.8 Å². The predicted molar refractivity (Wildman–Crippen MR) is 111 cm³/mol. The minimum absolute atomic E-state index is 0.0901. The maximum atomic E-state index is 11.5. The molecule has 0 bridgehead atoms. The van der Waals surface area contributed by atoms with E-state index in [1.54, 1.807) is 24.5 Å². The van der Waals surface area contributed by atoms with Crippen molar-refractivity contribution in [2.75, 3.05) is 13.4 Å². The molecule has 0 heterocycles. The van der Waals surface area contributed by atoms with Gasteiger partial charge >= 0.3 is 5.97 Å². The van der Waals surface area contributed by atoms with Gasteiger partial charge in [-0.1, -0.05) is 30.3 Å². The lowest BCUT2D eigenvalue weighted by Gasteiger charge is -2.10. The number of carboxylic acid groups (broad SMARTS) is 1. The van der Waals surface area contributed by atoms with E-state index in [9.17, 15) is 14.1 Å². The van der Waals surface area contributed by atoms with Crippen molar-refractivity contribution in [1.29, 1.82) is 0 Å². The van der Waals surface area contributed by atoms with Crippen molar-refractivity contribution in [3.05, 3.63) is 83.9 Å². The summed E-state index contributed by atoms with van der Waals surface area (Å²) in [5, 5.41) is 17.9. The average molecular weight is 414 g/mol. The van der Waals surface area contributed by atoms with Crippen LogP contribution in [0.25, 0.3) is 0 Å². The number of benzene rings is 3. The van der Waals surface area contributed by atoms with E-state index in [1.165, 1.54) is 31.4 Å². The Bertz CT molecular complexity index is 955. The van der Waals surface area contributed by atoms with Crippen molar-refractivity contribution >= 4 is 16.8 Å². The molecule has 1 unspecified atom stereocenters. The topological polar surface area (TPSA) is 93.1 Å². The lowest BCUT2D eigenvalue weighted by Crippen LogP contribution is -1.99. The first-order valence-corrected chi connectivity index (χ1v) is 10.2. The zero-order valence-electron chi connectivity index (χ0n) is 16.1. The van der Waals surface area contributed by atoms with Crippen LogP contribution in [0.3, 0.4) is 0 Å². The van der Waals surface area contributed by atoms with E-state index < -0.39 is 16.8 Å². The Kier molecular flexibility index (Phi) is 8.24. The van der Waals surface area contributed by atoms with Crippen LogP contribution in [0.15, 0.2) is 77.7 Å². The van der Waals surface area contributed by atoms with E-state index >= 15 is 0 Å². The molecule has 0 aliphatic heterocycles. The molecule has 0 fully saturated rings. The summed E-state index contributed by atoms with van der Waals surface area (Å²) in [6.45, 7) is 0.413. The van der Waals surface area contributed by atoms with Gasteiger partial charge in [-0.05, 0) is 48.0 Å². The van der Waals surface area contributed by atoms with Crippen molar-refractivity contribution < 1.29 is 28.7 Å². The highest BCUT2D eigenvalue weighted by molar-refractivity contribution is 7.84. The average Bonchev–Trinajstić information content (AvgIpc) is 2.74. The fourth-order valence-corrected chi connectivity index (χ4v) is 3.01. The number of methoxy groups -OCH3 is 1. The number of carbonyl (C=O) groups is 1. The Balaban J connectivity index is 0.000000234. The van der Waals surface area contributed by atoms with Gasteiger partial charge in [0.05, 0.1) is 28.4 Å². The minimum Gasteiger partial charge on any atom is -0.508 e. The molecule has 0 radical (unpaired) electrons. The lowest BCUT2D eigenvalue weighted by molar-refractivity contribution is 0.0697. The molecule has 0 aliphatic rings. The number of ether oxygens (including phenoxy) is 2. The number of hydrogen-bond donors (Lipinski definition) is 2. The predicted octanol–water partition coefficient (Wildman–Crippen LogP) is 4.10. The molecule has 3 aromatic carbocycles. The summed E-state index contributed by atoms with van der Waals surface area (Å²) < 4.78 is 22.0. The largest absolute Gasteiger partial charge is 0.508 e. The van der Waals surface area contributed by atoms with Gasteiger partial charge in [0.1, 0.15) is 23.9 Å². The summed E-state index contributed by atoms with van der Waals surface area (Å²) >= 11 is 0. The molecule has 3 aromatic rings. The molecule has 0 saturated carbocycles. The molecule has 0 aliphatic carbocycles. The molecule has 1 atom stereocenters. The second kappa shape index (κ2) is 10.9. The number of hydrogen-bond acceptors (Lipinski definition) is 5. The zero-order valence-corrected chi connectivity index (χ0v) is 16.9. The van der Waals surface area contributed by atoms with Crippen molar-refractivity contribution in [2.24, 2.45) is 0 Å². The van der Waals surface area contributed by atoms with E-state index in [4.69, 9.17) is 14.6 Å². The number of phenols is 1. The van der Waals surface area contributed by atoms with E-state index in [1.807, 2.05) is 30.3 Å². The van der Waals surface area contributed by atoms with Gasteiger partial charge in [0.2, 0.25) is 0 Å². The molecular formula is C22H22O6S. The SMILES string of the molecule is COc1ccc(C(=O)O)cc1.CS(=O)c1cc(O)ccc1OCc1ccccc1. The van der Waals surface area contributed by atoms with Crippen molar-refractivity contribution in [3.63, 3.8) is 0 Å². The highest BCUT2D eigenvalue weighted by Crippen LogP contribution is 2.26. The molecule has 29 heavy (non-hydrogen) atoms. The van der Waals surface area contributed by atoms with Crippen LogP contribution in [0.1, 0.15) is 15.9 Å². The Hall–Kier alpha value is -3.32. The zero-order chi connectivity index (χ0) is 21.2. The number of phenolic OH excluding ortho intramolecular Hbond substituents is 1. The summed E-state index contributed by atoms with van der Waals surface area (Å²) in [7, 11) is 0.344. The van der Waals surface area contributed by atoms with Gasteiger partial charge in [-0.2, -0.15) is 0 Å². The molecular weight excluding hydrogens is 392 g/mol. The monoisotopic (exact) mass is 414 g/mol. The molecule has 0 amide bonds. The summed E-state index contributed by atoms with van der Waals surface area (Å²) in [5.41, 5.74) is 1.31. The van der Waals surface area contributed by atoms with Crippen molar-refractivity contribution in [1.82, 2.24) is 0 Å². The standard InChI is InChI=1S/C14H14O3S.C8H8O3/c1-18(16)14-9-12(15)7-8-13(14)17-10-11-5-3-2-4-6-11;1-11-7-4-2-6(3-5-7)8(9)10/h2-9,15H,10H2,1H3;2-5H,1H3,(H,9,10). The number of aromatic hydroxyl groups is 1. The van der Waals surface area contributed by atoms with Crippen molar-refractivity contribution in [3.8, 4) is 17.2 Å². The van der Waals surface area contributed by atoms with Gasteiger partial charge in [-0.3, -0.25) is 4.21 Å². The Morgan fingerprint density at radius 1 is 1.00 bits per heavy atom. The van der Waals surface area contributed by atoms with Crippen LogP contribution in [0.4, 0.5) is 0 Å². The Morgan fingerprint density at radius 3 is 2.21 bits per heavy atom. The summed E-state index contributed by atoms with van der Waals surface area (Å²) in [5.74, 6) is 0.368. The quantitative estimate of drug-likeness (QED) is 0.631. The smallest absolute Gasteiger partial charge is 0.335 e. The first-order chi connectivity index (χ1) is 13.9. The third-order valence-electron chi connectivity index (χ3n) is 3.81. The number of aromatic carboxylic acids is 1. The molecule has 0 saturated heterocycles. The van der Waals surface area contributed by atoms with Gasteiger partial charge in [0.25, 0.3) is 0 Å². The summed E-state index contributed by atoms with van der Waals surface area (Å²) in [4.78, 5) is 10.9. The van der Waals surface area contributed by atoms with Crippen LogP contribution in [0.2, 0.25) is 0 Å². The minimum atomic E-state index is -1.19. The number of carboxylic acids is 1. The van der Waals surface area contributed by atoms with E-state index in [0.717, 1.165) is 5.56 Å². The fourth-order valence-electron chi connectivity index (χ4n) is 2.31. The van der Waals surface area contributed by atoms with Gasteiger partial charge in [0, 0.05) is 6.26 Å². The third-order valence-corrected chi connectivity index (χ3v) is 4.75. The van der Waals surface area contributed by atoms with E-state index in [0.29, 0.717) is 23.0 Å². The fraction of sp³-hybridized carbons (Fsp3) is 0.136. The molecule has 6 nitrogen and oxygen atoms in total. The molecule has 152 valence electrons. The van der Waals surface area contributed by atoms with Gasteiger partial charge in [-0.15, -0.1) is 0 Å². The van der Waals surface area contributed by atoms with Gasteiger partial charge in [0.15, 0.2) is 0 Å². The van der Waals surface area contributed by atoms with Crippen LogP contribution >= 0.6 is 0 Å². The third kappa shape index (κ3) is 6.97. The molecule has 7 heteroatoms.